The van der Waals surface area contributed by atoms with Gasteiger partial charge in [-0.2, -0.15) is 0 Å². The highest BCUT2D eigenvalue weighted by atomic mass is 32.1. The van der Waals surface area contributed by atoms with Crippen molar-refractivity contribution >= 4 is 28.2 Å². The molecule has 3 aromatic rings. The first-order chi connectivity index (χ1) is 11.1. The molecular formula is C14H9F2N5OS. The molecule has 1 aromatic carbocycles. The first-order valence-corrected chi connectivity index (χ1v) is 7.20. The number of urea groups is 1. The van der Waals surface area contributed by atoms with Gasteiger partial charge in [0.2, 0.25) is 5.13 Å². The molecule has 0 aliphatic carbocycles. The second-order valence-electron chi connectivity index (χ2n) is 4.36. The molecule has 0 aliphatic heterocycles. The van der Waals surface area contributed by atoms with Crippen LogP contribution in [0.4, 0.5) is 24.4 Å². The van der Waals surface area contributed by atoms with E-state index in [2.05, 4.69) is 25.8 Å². The Bertz CT molecular complexity index is 840. The number of nitrogens with zero attached hydrogens (tertiary/aromatic N) is 3. The number of anilines is 2. The molecule has 6 nitrogen and oxygen atoms in total. The highest BCUT2D eigenvalue weighted by molar-refractivity contribution is 7.18. The molecule has 0 atom stereocenters. The fourth-order valence-corrected chi connectivity index (χ4v) is 2.44. The summed E-state index contributed by atoms with van der Waals surface area (Å²) >= 11 is 1.16. The summed E-state index contributed by atoms with van der Waals surface area (Å²) < 4.78 is 25.9. The summed E-state index contributed by atoms with van der Waals surface area (Å²) in [5.74, 6) is -2.03. The molecule has 116 valence electrons. The SMILES string of the molecule is O=C(Nc1ccc(F)c(F)c1)Nc1nnc(-c2cccnc2)s1. The Morgan fingerprint density at radius 2 is 1.96 bits per heavy atom. The van der Waals surface area contributed by atoms with Crippen LogP contribution in [0, 0.1) is 11.6 Å². The highest BCUT2D eigenvalue weighted by Crippen LogP contribution is 2.25. The van der Waals surface area contributed by atoms with Gasteiger partial charge in [0, 0.05) is 29.7 Å². The number of aromatic nitrogens is 3. The van der Waals surface area contributed by atoms with Crippen LogP contribution in [0.2, 0.25) is 0 Å². The molecule has 2 heterocycles. The van der Waals surface area contributed by atoms with Crippen LogP contribution in [-0.4, -0.2) is 21.2 Å². The number of hydrogen-bond donors (Lipinski definition) is 2. The largest absolute Gasteiger partial charge is 0.325 e. The lowest BCUT2D eigenvalue weighted by molar-refractivity contribution is 0.262. The smallest absolute Gasteiger partial charge is 0.308 e. The van der Waals surface area contributed by atoms with Crippen molar-refractivity contribution in [3.8, 4) is 10.6 Å². The van der Waals surface area contributed by atoms with Gasteiger partial charge in [0.15, 0.2) is 16.6 Å². The molecule has 0 unspecified atom stereocenters. The third-order valence-electron chi connectivity index (χ3n) is 2.73. The Balaban J connectivity index is 1.66. The Kier molecular flexibility index (Phi) is 4.20. The van der Waals surface area contributed by atoms with E-state index >= 15 is 0 Å². The van der Waals surface area contributed by atoms with Gasteiger partial charge in [0.25, 0.3) is 0 Å². The Hall–Kier alpha value is -2.94. The Labute approximate surface area is 133 Å². The van der Waals surface area contributed by atoms with Crippen LogP contribution in [0.5, 0.6) is 0 Å². The number of carbonyl (C=O) groups excluding carboxylic acids is 1. The summed E-state index contributed by atoms with van der Waals surface area (Å²) in [4.78, 5) is 15.8. The normalized spacial score (nSPS) is 10.3. The van der Waals surface area contributed by atoms with E-state index in [4.69, 9.17) is 0 Å². The number of hydrogen-bond acceptors (Lipinski definition) is 5. The van der Waals surface area contributed by atoms with E-state index in [1.165, 1.54) is 6.07 Å². The quantitative estimate of drug-likeness (QED) is 0.768. The van der Waals surface area contributed by atoms with Crippen molar-refractivity contribution in [2.45, 2.75) is 0 Å². The molecule has 23 heavy (non-hydrogen) atoms. The molecule has 9 heteroatoms. The first-order valence-electron chi connectivity index (χ1n) is 6.39. The monoisotopic (exact) mass is 333 g/mol. The number of nitrogens with one attached hydrogen (secondary N) is 2. The number of pyridine rings is 1. The van der Waals surface area contributed by atoms with Gasteiger partial charge >= 0.3 is 6.03 Å². The highest BCUT2D eigenvalue weighted by Gasteiger charge is 2.11. The molecular weight excluding hydrogens is 324 g/mol. The summed E-state index contributed by atoms with van der Waals surface area (Å²) in [7, 11) is 0. The third kappa shape index (κ3) is 3.64. The maximum Gasteiger partial charge on any atom is 0.325 e. The van der Waals surface area contributed by atoms with E-state index in [1.54, 1.807) is 18.5 Å². The van der Waals surface area contributed by atoms with Crippen molar-refractivity contribution < 1.29 is 13.6 Å². The molecule has 2 aromatic heterocycles. The second kappa shape index (κ2) is 6.44. The predicted octanol–water partition coefficient (Wildman–Crippen LogP) is 3.52. The zero-order valence-corrected chi connectivity index (χ0v) is 12.3. The van der Waals surface area contributed by atoms with Gasteiger partial charge in [-0.3, -0.25) is 10.3 Å². The molecule has 0 radical (unpaired) electrons. The predicted molar refractivity (Wildman–Crippen MR) is 82.1 cm³/mol. The Morgan fingerprint density at radius 1 is 1.09 bits per heavy atom. The molecule has 2 amide bonds. The average Bonchev–Trinajstić information content (AvgIpc) is 3.00. The van der Waals surface area contributed by atoms with Crippen LogP contribution in [0.15, 0.2) is 42.7 Å². The van der Waals surface area contributed by atoms with Gasteiger partial charge in [0.05, 0.1) is 0 Å². The molecule has 0 aliphatic rings. The lowest BCUT2D eigenvalue weighted by atomic mass is 10.3. The van der Waals surface area contributed by atoms with Crippen molar-refractivity contribution in [2.24, 2.45) is 0 Å². The first kappa shape index (κ1) is 15.0. The zero-order valence-electron chi connectivity index (χ0n) is 11.5. The number of rotatable bonds is 3. The van der Waals surface area contributed by atoms with Crippen LogP contribution in [0.3, 0.4) is 0 Å². The summed E-state index contributed by atoms with van der Waals surface area (Å²) in [6, 6.07) is 6.01. The third-order valence-corrected chi connectivity index (χ3v) is 3.62. The van der Waals surface area contributed by atoms with Crippen molar-refractivity contribution in [3.63, 3.8) is 0 Å². The fraction of sp³-hybridized carbons (Fsp3) is 0. The van der Waals surface area contributed by atoms with Gasteiger partial charge in [0.1, 0.15) is 0 Å². The standard InChI is InChI=1S/C14H9F2N5OS/c15-10-4-3-9(6-11(10)16)18-13(22)19-14-21-20-12(23-14)8-2-1-5-17-7-8/h1-7H,(H2,18,19,21,22). The number of benzene rings is 1. The minimum absolute atomic E-state index is 0.124. The number of halogens is 2. The Morgan fingerprint density at radius 3 is 2.70 bits per heavy atom. The second-order valence-corrected chi connectivity index (χ2v) is 5.34. The van der Waals surface area contributed by atoms with Crippen molar-refractivity contribution in [1.29, 1.82) is 0 Å². The van der Waals surface area contributed by atoms with E-state index in [-0.39, 0.29) is 10.8 Å². The minimum atomic E-state index is -1.04. The van der Waals surface area contributed by atoms with E-state index < -0.39 is 17.7 Å². The lowest BCUT2D eigenvalue weighted by Gasteiger charge is -2.05. The van der Waals surface area contributed by atoms with Crippen LogP contribution in [-0.2, 0) is 0 Å². The van der Waals surface area contributed by atoms with Crippen molar-refractivity contribution in [1.82, 2.24) is 15.2 Å². The number of amides is 2. The van der Waals surface area contributed by atoms with E-state index in [0.717, 1.165) is 29.0 Å². The molecule has 0 saturated carbocycles. The molecule has 0 bridgehead atoms. The van der Waals surface area contributed by atoms with Gasteiger partial charge in [-0.25, -0.2) is 13.6 Å². The number of carbonyl (C=O) groups is 1. The van der Waals surface area contributed by atoms with E-state index in [1.807, 2.05) is 6.07 Å². The average molecular weight is 333 g/mol. The zero-order chi connectivity index (χ0) is 16.2. The van der Waals surface area contributed by atoms with Crippen molar-refractivity contribution in [2.75, 3.05) is 10.6 Å². The summed E-state index contributed by atoms with van der Waals surface area (Å²) in [6.45, 7) is 0. The summed E-state index contributed by atoms with van der Waals surface area (Å²) in [5.41, 5.74) is 0.900. The van der Waals surface area contributed by atoms with Crippen LogP contribution >= 0.6 is 11.3 Å². The maximum atomic E-state index is 13.1. The van der Waals surface area contributed by atoms with Gasteiger partial charge in [-0.05, 0) is 24.3 Å². The van der Waals surface area contributed by atoms with Crippen LogP contribution in [0.25, 0.3) is 10.6 Å². The molecule has 2 N–H and O–H groups in total. The molecule has 3 rings (SSSR count). The van der Waals surface area contributed by atoms with Crippen molar-refractivity contribution in [3.05, 3.63) is 54.4 Å². The molecule has 0 spiro atoms. The fourth-order valence-electron chi connectivity index (χ4n) is 1.71. The summed E-state index contributed by atoms with van der Waals surface area (Å²) in [5, 5.41) is 13.5. The summed E-state index contributed by atoms with van der Waals surface area (Å²) in [6.07, 6.45) is 3.27. The van der Waals surface area contributed by atoms with Gasteiger partial charge in [-0.1, -0.05) is 11.3 Å². The van der Waals surface area contributed by atoms with Gasteiger partial charge < -0.3 is 5.32 Å². The topological polar surface area (TPSA) is 79.8 Å². The lowest BCUT2D eigenvalue weighted by Crippen LogP contribution is -2.19. The molecule has 0 saturated heterocycles. The molecule has 0 fully saturated rings. The van der Waals surface area contributed by atoms with E-state index in [0.29, 0.717) is 5.01 Å². The van der Waals surface area contributed by atoms with E-state index in [9.17, 15) is 13.6 Å². The van der Waals surface area contributed by atoms with Crippen LogP contribution in [0.1, 0.15) is 0 Å². The van der Waals surface area contributed by atoms with Gasteiger partial charge in [-0.15, -0.1) is 10.2 Å². The minimum Gasteiger partial charge on any atom is -0.308 e. The maximum absolute atomic E-state index is 13.1. The van der Waals surface area contributed by atoms with Crippen LogP contribution < -0.4 is 10.6 Å².